The van der Waals surface area contributed by atoms with Crippen LogP contribution < -0.4 is 5.32 Å². The Labute approximate surface area is 138 Å². The van der Waals surface area contributed by atoms with Crippen LogP contribution in [0.25, 0.3) is 10.8 Å². The average Bonchev–Trinajstić information content (AvgIpc) is 2.48. The zero-order chi connectivity index (χ0) is 14.8. The van der Waals surface area contributed by atoms with Crippen LogP contribution in [-0.4, -0.2) is 0 Å². The molecular formula is C18H15BrClN. The van der Waals surface area contributed by atoms with Crippen molar-refractivity contribution in [1.29, 1.82) is 0 Å². The Morgan fingerprint density at radius 3 is 2.52 bits per heavy atom. The lowest BCUT2D eigenvalue weighted by molar-refractivity contribution is 1.12. The number of rotatable bonds is 3. The van der Waals surface area contributed by atoms with E-state index < -0.39 is 0 Å². The molecule has 3 rings (SSSR count). The van der Waals surface area contributed by atoms with Crippen molar-refractivity contribution in [2.24, 2.45) is 0 Å². The molecule has 1 nitrogen and oxygen atoms in total. The molecule has 0 atom stereocenters. The molecule has 0 aliphatic heterocycles. The van der Waals surface area contributed by atoms with E-state index in [1.807, 2.05) is 12.1 Å². The summed E-state index contributed by atoms with van der Waals surface area (Å²) in [5.74, 6) is 0. The molecule has 0 bridgehead atoms. The maximum Gasteiger partial charge on any atom is 0.0423 e. The summed E-state index contributed by atoms with van der Waals surface area (Å²) in [6, 6.07) is 18.6. The normalized spacial score (nSPS) is 10.8. The molecule has 1 N–H and O–H groups in total. The van der Waals surface area contributed by atoms with Gasteiger partial charge in [0.2, 0.25) is 0 Å². The number of halogens is 2. The third kappa shape index (κ3) is 3.07. The van der Waals surface area contributed by atoms with Gasteiger partial charge in [-0.15, -0.1) is 0 Å². The largest absolute Gasteiger partial charge is 0.380 e. The molecule has 0 amide bonds. The van der Waals surface area contributed by atoms with Crippen LogP contribution in [0.4, 0.5) is 5.69 Å². The summed E-state index contributed by atoms with van der Waals surface area (Å²) in [7, 11) is 0. The first-order valence-electron chi connectivity index (χ1n) is 6.81. The number of hydrogen-bond donors (Lipinski definition) is 1. The van der Waals surface area contributed by atoms with Crippen LogP contribution in [0, 0.1) is 6.92 Å². The summed E-state index contributed by atoms with van der Waals surface area (Å²) in [4.78, 5) is 0. The smallest absolute Gasteiger partial charge is 0.0423 e. The van der Waals surface area contributed by atoms with Crippen molar-refractivity contribution < 1.29 is 0 Å². The van der Waals surface area contributed by atoms with Crippen LogP contribution in [0.3, 0.4) is 0 Å². The van der Waals surface area contributed by atoms with Gasteiger partial charge in [-0.3, -0.25) is 0 Å². The summed E-state index contributed by atoms with van der Waals surface area (Å²) < 4.78 is 1.12. The van der Waals surface area contributed by atoms with Crippen molar-refractivity contribution in [2.75, 3.05) is 5.32 Å². The molecule has 0 aromatic heterocycles. The number of hydrogen-bond acceptors (Lipinski definition) is 1. The summed E-state index contributed by atoms with van der Waals surface area (Å²) in [5.41, 5.74) is 3.60. The highest BCUT2D eigenvalue weighted by Gasteiger charge is 2.05. The highest BCUT2D eigenvalue weighted by molar-refractivity contribution is 9.10. The molecule has 0 fully saturated rings. The van der Waals surface area contributed by atoms with Gasteiger partial charge in [0.1, 0.15) is 0 Å². The molecule has 0 unspecified atom stereocenters. The Hall–Kier alpha value is -1.51. The molecule has 0 spiro atoms. The van der Waals surface area contributed by atoms with E-state index in [4.69, 9.17) is 11.6 Å². The molecule has 3 aromatic carbocycles. The van der Waals surface area contributed by atoms with E-state index in [-0.39, 0.29) is 0 Å². The first kappa shape index (κ1) is 14.4. The fraction of sp³-hybridized carbons (Fsp3) is 0.111. The van der Waals surface area contributed by atoms with Crippen molar-refractivity contribution in [3.63, 3.8) is 0 Å². The van der Waals surface area contributed by atoms with E-state index in [2.05, 4.69) is 70.6 Å². The third-order valence-electron chi connectivity index (χ3n) is 3.64. The fourth-order valence-corrected chi connectivity index (χ4v) is 3.17. The highest BCUT2D eigenvalue weighted by atomic mass is 79.9. The Morgan fingerprint density at radius 2 is 1.76 bits per heavy atom. The molecular weight excluding hydrogens is 346 g/mol. The molecule has 0 saturated heterocycles. The minimum atomic E-state index is 0.783. The minimum Gasteiger partial charge on any atom is -0.380 e. The first-order valence-corrected chi connectivity index (χ1v) is 7.98. The van der Waals surface area contributed by atoms with E-state index in [0.29, 0.717) is 0 Å². The summed E-state index contributed by atoms with van der Waals surface area (Å²) in [5, 5.41) is 6.75. The maximum atomic E-state index is 6.00. The summed E-state index contributed by atoms with van der Waals surface area (Å²) >= 11 is 9.61. The van der Waals surface area contributed by atoms with E-state index in [1.54, 1.807) is 0 Å². The minimum absolute atomic E-state index is 0.783. The average molecular weight is 361 g/mol. The van der Waals surface area contributed by atoms with E-state index in [9.17, 15) is 0 Å². The second-order valence-electron chi connectivity index (χ2n) is 5.06. The second-order valence-corrected chi connectivity index (χ2v) is 6.36. The predicted molar refractivity (Wildman–Crippen MR) is 95.2 cm³/mol. The number of anilines is 1. The number of nitrogens with one attached hydrogen (secondary N) is 1. The SMILES string of the molecule is Cc1cc(Cl)ccc1CNc1ccc(Br)c2ccccc12. The Balaban J connectivity index is 1.90. The second kappa shape index (κ2) is 6.08. The van der Waals surface area contributed by atoms with Gasteiger partial charge in [-0.2, -0.15) is 0 Å². The Bertz CT molecular complexity index is 798. The van der Waals surface area contributed by atoms with E-state index >= 15 is 0 Å². The van der Waals surface area contributed by atoms with Crippen LogP contribution in [0.1, 0.15) is 11.1 Å². The summed E-state index contributed by atoms with van der Waals surface area (Å²) in [6.45, 7) is 2.87. The molecule has 0 saturated carbocycles. The molecule has 3 heteroatoms. The lowest BCUT2D eigenvalue weighted by atomic mass is 10.1. The van der Waals surface area contributed by atoms with Crippen molar-refractivity contribution >= 4 is 44.0 Å². The molecule has 0 aliphatic rings. The maximum absolute atomic E-state index is 6.00. The highest BCUT2D eigenvalue weighted by Crippen LogP contribution is 2.30. The van der Waals surface area contributed by atoms with Crippen LogP contribution >= 0.6 is 27.5 Å². The molecule has 3 aromatic rings. The van der Waals surface area contributed by atoms with Gasteiger partial charge in [0, 0.05) is 27.1 Å². The topological polar surface area (TPSA) is 12.0 Å². The van der Waals surface area contributed by atoms with Crippen molar-refractivity contribution in [3.8, 4) is 0 Å². The van der Waals surface area contributed by atoms with Gasteiger partial charge < -0.3 is 5.32 Å². The zero-order valence-corrected chi connectivity index (χ0v) is 14.0. The zero-order valence-electron chi connectivity index (χ0n) is 11.7. The van der Waals surface area contributed by atoms with Crippen LogP contribution in [0.15, 0.2) is 59.1 Å². The van der Waals surface area contributed by atoms with Gasteiger partial charge in [0.25, 0.3) is 0 Å². The molecule has 106 valence electrons. The van der Waals surface area contributed by atoms with Crippen LogP contribution in [-0.2, 0) is 6.54 Å². The molecule has 21 heavy (non-hydrogen) atoms. The number of fused-ring (bicyclic) bond motifs is 1. The first-order chi connectivity index (χ1) is 10.1. The lowest BCUT2D eigenvalue weighted by Crippen LogP contribution is -2.01. The molecule has 0 radical (unpaired) electrons. The quantitative estimate of drug-likeness (QED) is 0.588. The summed E-state index contributed by atoms with van der Waals surface area (Å²) in [6.07, 6.45) is 0. The molecule has 0 heterocycles. The van der Waals surface area contributed by atoms with Crippen molar-refractivity contribution in [1.82, 2.24) is 0 Å². The monoisotopic (exact) mass is 359 g/mol. The van der Waals surface area contributed by atoms with Gasteiger partial charge >= 0.3 is 0 Å². The third-order valence-corrected chi connectivity index (χ3v) is 4.57. The lowest BCUT2D eigenvalue weighted by Gasteiger charge is -2.12. The predicted octanol–water partition coefficient (Wildman–Crippen LogP) is 6.18. The Morgan fingerprint density at radius 1 is 1.00 bits per heavy atom. The van der Waals surface area contributed by atoms with Crippen LogP contribution in [0.5, 0.6) is 0 Å². The van der Waals surface area contributed by atoms with Gasteiger partial charge in [-0.1, -0.05) is 57.9 Å². The standard InChI is InChI=1S/C18H15BrClN/c1-12-10-14(20)7-6-13(12)11-21-18-9-8-17(19)15-4-2-3-5-16(15)18/h2-10,21H,11H2,1H3. The van der Waals surface area contributed by atoms with Crippen molar-refractivity contribution in [2.45, 2.75) is 13.5 Å². The fourth-order valence-electron chi connectivity index (χ4n) is 2.46. The van der Waals surface area contributed by atoms with Gasteiger partial charge in [0.15, 0.2) is 0 Å². The molecule has 0 aliphatic carbocycles. The van der Waals surface area contributed by atoms with E-state index in [1.165, 1.54) is 21.9 Å². The van der Waals surface area contributed by atoms with Crippen molar-refractivity contribution in [3.05, 3.63) is 75.2 Å². The van der Waals surface area contributed by atoms with Gasteiger partial charge in [-0.05, 0) is 47.7 Å². The Kier molecular flexibility index (Phi) is 4.18. The van der Waals surface area contributed by atoms with Gasteiger partial charge in [0.05, 0.1) is 0 Å². The van der Waals surface area contributed by atoms with E-state index in [0.717, 1.165) is 21.7 Å². The number of benzene rings is 3. The van der Waals surface area contributed by atoms with Crippen LogP contribution in [0.2, 0.25) is 5.02 Å². The number of aryl methyl sites for hydroxylation is 1. The van der Waals surface area contributed by atoms with Gasteiger partial charge in [-0.25, -0.2) is 0 Å².